The van der Waals surface area contributed by atoms with Crippen LogP contribution in [0.25, 0.3) is 0 Å². The Balaban J connectivity index is 1.27. The van der Waals surface area contributed by atoms with E-state index in [1.807, 2.05) is 0 Å². The molecule has 12 atom stereocenters. The lowest BCUT2D eigenvalue weighted by molar-refractivity contribution is -0.224. The van der Waals surface area contributed by atoms with Crippen molar-refractivity contribution >= 4 is 0 Å². The third kappa shape index (κ3) is 5.24. The van der Waals surface area contributed by atoms with Crippen LogP contribution in [-0.4, -0.2) is 30.2 Å². The zero-order chi connectivity index (χ0) is 26.4. The van der Waals surface area contributed by atoms with Crippen molar-refractivity contribution in [2.45, 2.75) is 137 Å². The molecular formula is C34H58O3. The van der Waals surface area contributed by atoms with Crippen molar-refractivity contribution in [3.63, 3.8) is 0 Å². The summed E-state index contributed by atoms with van der Waals surface area (Å²) in [5.41, 5.74) is 0.707. The van der Waals surface area contributed by atoms with E-state index in [0.29, 0.717) is 29.1 Å². The van der Waals surface area contributed by atoms with Gasteiger partial charge in [0.1, 0.15) is 0 Å². The van der Waals surface area contributed by atoms with Crippen LogP contribution < -0.4 is 0 Å². The van der Waals surface area contributed by atoms with Gasteiger partial charge in [0.2, 0.25) is 0 Å². The lowest BCUT2D eigenvalue weighted by Crippen LogP contribution is -2.58. The van der Waals surface area contributed by atoms with Gasteiger partial charge < -0.3 is 14.6 Å². The fourth-order valence-corrected chi connectivity index (χ4v) is 10.6. The first-order chi connectivity index (χ1) is 17.7. The summed E-state index contributed by atoms with van der Waals surface area (Å²) in [6.07, 6.45) is 19.8. The molecule has 1 heterocycles. The van der Waals surface area contributed by atoms with E-state index in [1.54, 1.807) is 0 Å². The van der Waals surface area contributed by atoms with Crippen LogP contribution in [0.5, 0.6) is 0 Å². The van der Waals surface area contributed by atoms with Crippen molar-refractivity contribution in [1.82, 2.24) is 0 Å². The minimum Gasteiger partial charge on any atom is -0.393 e. The number of rotatable bonds is 7. The zero-order valence-electron chi connectivity index (χ0n) is 25.0. The lowest BCUT2D eigenvalue weighted by atomic mass is 9.44. The summed E-state index contributed by atoms with van der Waals surface area (Å²) in [5.74, 6) is 5.54. The van der Waals surface area contributed by atoms with Crippen LogP contribution in [0.15, 0.2) is 12.2 Å². The molecule has 0 radical (unpaired) electrons. The predicted octanol–water partition coefficient (Wildman–Crippen LogP) is 8.40. The Morgan fingerprint density at radius 2 is 1.65 bits per heavy atom. The largest absolute Gasteiger partial charge is 0.393 e. The molecule has 0 spiro atoms. The lowest BCUT2D eigenvalue weighted by Gasteiger charge is -2.62. The van der Waals surface area contributed by atoms with Gasteiger partial charge in [-0.3, -0.25) is 0 Å². The molecule has 0 aromatic rings. The molecule has 37 heavy (non-hydrogen) atoms. The van der Waals surface area contributed by atoms with Crippen LogP contribution in [0.1, 0.15) is 119 Å². The quantitative estimate of drug-likeness (QED) is 0.274. The Kier molecular flexibility index (Phi) is 8.56. The van der Waals surface area contributed by atoms with E-state index in [4.69, 9.17) is 9.47 Å². The third-order valence-electron chi connectivity index (χ3n) is 12.8. The average molecular weight is 515 g/mol. The molecule has 1 aliphatic heterocycles. The van der Waals surface area contributed by atoms with Gasteiger partial charge in [0.15, 0.2) is 6.29 Å². The summed E-state index contributed by atoms with van der Waals surface area (Å²) in [6, 6.07) is 0. The average Bonchev–Trinajstić information content (AvgIpc) is 3.23. The summed E-state index contributed by atoms with van der Waals surface area (Å²) >= 11 is 0. The van der Waals surface area contributed by atoms with E-state index >= 15 is 0 Å². The highest BCUT2D eigenvalue weighted by Crippen LogP contribution is 2.68. The number of hydrogen-bond acceptors (Lipinski definition) is 3. The van der Waals surface area contributed by atoms with E-state index in [9.17, 15) is 5.11 Å². The highest BCUT2D eigenvalue weighted by atomic mass is 16.7. The van der Waals surface area contributed by atoms with Crippen LogP contribution in [0.2, 0.25) is 0 Å². The molecule has 5 aliphatic rings. The number of fused-ring (bicyclic) bond motifs is 5. The van der Waals surface area contributed by atoms with Crippen LogP contribution >= 0.6 is 0 Å². The Morgan fingerprint density at radius 1 is 0.892 bits per heavy atom. The van der Waals surface area contributed by atoms with Gasteiger partial charge in [-0.2, -0.15) is 0 Å². The van der Waals surface area contributed by atoms with Gasteiger partial charge in [0, 0.05) is 6.61 Å². The molecule has 4 saturated carbocycles. The zero-order valence-corrected chi connectivity index (χ0v) is 25.0. The fraction of sp³-hybridized carbons (Fsp3) is 0.941. The minimum atomic E-state index is -0.167. The molecule has 0 aromatic heterocycles. The van der Waals surface area contributed by atoms with Gasteiger partial charge in [0.25, 0.3) is 0 Å². The monoisotopic (exact) mass is 514 g/mol. The van der Waals surface area contributed by atoms with Crippen LogP contribution in [0, 0.1) is 58.2 Å². The standard InChI is InChI=1S/C34H58O3/c1-7-24(22(2)3)12-11-23(4)27-13-14-28-26-21-31(35)30-20-25(37-32-10-8-9-19-36-32)15-17-34(30,6)29(26)16-18-33(27,28)5/h11-12,22-32,35H,7-10,13-21H2,1-6H3/t23-,24+,25+,26+,27-,28+,29+,30?,31?,32?,33-,34-/m1/s1. The summed E-state index contributed by atoms with van der Waals surface area (Å²) < 4.78 is 12.4. The van der Waals surface area contributed by atoms with Crippen LogP contribution in [0.4, 0.5) is 0 Å². The molecule has 212 valence electrons. The number of allylic oxidation sites excluding steroid dienone is 2. The van der Waals surface area contributed by atoms with Gasteiger partial charge in [-0.25, -0.2) is 0 Å². The number of ether oxygens (including phenoxy) is 2. The maximum absolute atomic E-state index is 11.6. The first kappa shape index (κ1) is 28.2. The first-order valence-electron chi connectivity index (χ1n) is 16.3. The van der Waals surface area contributed by atoms with Crippen LogP contribution in [0.3, 0.4) is 0 Å². The normalized spacial score (nSPS) is 47.9. The number of hydrogen-bond donors (Lipinski definition) is 1. The van der Waals surface area contributed by atoms with E-state index in [2.05, 4.69) is 53.7 Å². The maximum Gasteiger partial charge on any atom is 0.157 e. The molecule has 3 nitrogen and oxygen atoms in total. The first-order valence-corrected chi connectivity index (χ1v) is 16.3. The van der Waals surface area contributed by atoms with Crippen molar-refractivity contribution in [3.8, 4) is 0 Å². The van der Waals surface area contributed by atoms with Gasteiger partial charge in [-0.05, 0) is 135 Å². The highest BCUT2D eigenvalue weighted by Gasteiger charge is 2.62. The molecule has 3 heteroatoms. The molecule has 5 rings (SSSR count). The summed E-state index contributed by atoms with van der Waals surface area (Å²) in [6.45, 7) is 15.6. The van der Waals surface area contributed by atoms with E-state index in [1.165, 1.54) is 51.4 Å². The Morgan fingerprint density at radius 3 is 2.35 bits per heavy atom. The predicted molar refractivity (Wildman–Crippen MR) is 152 cm³/mol. The highest BCUT2D eigenvalue weighted by molar-refractivity contribution is 5.12. The smallest absolute Gasteiger partial charge is 0.157 e. The van der Waals surface area contributed by atoms with Gasteiger partial charge >= 0.3 is 0 Å². The molecule has 5 fully saturated rings. The van der Waals surface area contributed by atoms with E-state index in [-0.39, 0.29) is 23.9 Å². The Hall–Kier alpha value is -0.380. The van der Waals surface area contributed by atoms with Crippen molar-refractivity contribution in [2.75, 3.05) is 6.61 Å². The second kappa shape index (κ2) is 11.2. The number of aliphatic hydroxyl groups excluding tert-OH is 1. The molecule has 4 aliphatic carbocycles. The fourth-order valence-electron chi connectivity index (χ4n) is 10.6. The van der Waals surface area contributed by atoms with Crippen molar-refractivity contribution < 1.29 is 14.6 Å². The summed E-state index contributed by atoms with van der Waals surface area (Å²) in [4.78, 5) is 0. The molecular weight excluding hydrogens is 456 g/mol. The summed E-state index contributed by atoms with van der Waals surface area (Å²) in [7, 11) is 0. The van der Waals surface area contributed by atoms with Crippen molar-refractivity contribution in [2.24, 2.45) is 58.2 Å². The molecule has 0 bridgehead atoms. The van der Waals surface area contributed by atoms with Gasteiger partial charge in [-0.15, -0.1) is 0 Å². The minimum absolute atomic E-state index is 0.00779. The second-order valence-electron chi connectivity index (χ2n) is 14.9. The number of aliphatic hydroxyl groups is 1. The van der Waals surface area contributed by atoms with E-state index < -0.39 is 0 Å². The van der Waals surface area contributed by atoms with Crippen LogP contribution in [-0.2, 0) is 9.47 Å². The maximum atomic E-state index is 11.6. The summed E-state index contributed by atoms with van der Waals surface area (Å²) in [5, 5.41) is 11.6. The molecule has 0 aromatic carbocycles. The molecule has 1 N–H and O–H groups in total. The van der Waals surface area contributed by atoms with Crippen molar-refractivity contribution in [1.29, 1.82) is 0 Å². The Bertz CT molecular complexity index is 786. The van der Waals surface area contributed by atoms with Crippen molar-refractivity contribution in [3.05, 3.63) is 12.2 Å². The van der Waals surface area contributed by atoms with Gasteiger partial charge in [0.05, 0.1) is 12.2 Å². The van der Waals surface area contributed by atoms with Gasteiger partial charge in [-0.1, -0.05) is 53.7 Å². The second-order valence-corrected chi connectivity index (χ2v) is 14.9. The third-order valence-corrected chi connectivity index (χ3v) is 12.8. The molecule has 1 saturated heterocycles. The SMILES string of the molecule is CC[C@@H](C=C[C@@H](C)[C@H]1CC[C@H]2[C@@H]3CC(O)C4C[C@@H](OC5CCCCO5)CC[C@]4(C)[C@H]3CC[C@]12C)C(C)C. The molecule has 3 unspecified atom stereocenters. The molecule has 0 amide bonds. The van der Waals surface area contributed by atoms with E-state index in [0.717, 1.165) is 56.0 Å². The topological polar surface area (TPSA) is 38.7 Å². The Labute approximate surface area is 228 Å².